The predicted molar refractivity (Wildman–Crippen MR) is 88.4 cm³/mol. The molecule has 122 valence electrons. The Hall–Kier alpha value is -1.55. The third kappa shape index (κ3) is 4.23. The molecule has 0 radical (unpaired) electrons. The van der Waals surface area contributed by atoms with E-state index >= 15 is 0 Å². The van der Waals surface area contributed by atoms with E-state index in [-0.39, 0.29) is 6.29 Å². The largest absolute Gasteiger partial charge is 0.623 e. The first kappa shape index (κ1) is 16.8. The average Bonchev–Trinajstić information content (AvgIpc) is 2.50. The number of hydroxylamine groups is 1. The van der Waals surface area contributed by atoms with Crippen LogP contribution < -0.4 is 4.74 Å². The standard InChI is InChI=1S/C18H27NO3/c1-5-16(19(20)18(2,3)4)14-9-11-15(12-10-14)22-17-8-6-7-13-21-17/h9-12,17H,5-8,13H2,1-4H3. The van der Waals surface area contributed by atoms with Gasteiger partial charge in [0, 0.05) is 39.2 Å². The van der Waals surface area contributed by atoms with Crippen LogP contribution in [0.4, 0.5) is 0 Å². The van der Waals surface area contributed by atoms with Crippen molar-refractivity contribution in [2.45, 2.75) is 65.2 Å². The van der Waals surface area contributed by atoms with Crippen molar-refractivity contribution in [3.63, 3.8) is 0 Å². The van der Waals surface area contributed by atoms with Crippen LogP contribution in [-0.4, -0.2) is 28.9 Å². The predicted octanol–water partition coefficient (Wildman–Crippen LogP) is 4.10. The van der Waals surface area contributed by atoms with Crippen LogP contribution in [0, 0.1) is 5.21 Å². The second-order valence-electron chi connectivity index (χ2n) is 6.70. The lowest BCUT2D eigenvalue weighted by atomic mass is 10.0. The fraction of sp³-hybridized carbons (Fsp3) is 0.611. The van der Waals surface area contributed by atoms with Crippen molar-refractivity contribution in [1.29, 1.82) is 0 Å². The quantitative estimate of drug-likeness (QED) is 0.364. The van der Waals surface area contributed by atoms with Crippen molar-refractivity contribution < 1.29 is 14.2 Å². The first-order valence-electron chi connectivity index (χ1n) is 8.13. The minimum atomic E-state index is -0.434. The third-order valence-corrected chi connectivity index (χ3v) is 3.78. The van der Waals surface area contributed by atoms with Gasteiger partial charge >= 0.3 is 0 Å². The molecule has 1 aromatic rings. The fourth-order valence-electron chi connectivity index (χ4n) is 2.55. The molecule has 0 saturated carbocycles. The van der Waals surface area contributed by atoms with E-state index in [1.807, 2.05) is 52.0 Å². The Morgan fingerprint density at radius 2 is 1.95 bits per heavy atom. The molecule has 0 bridgehead atoms. The zero-order chi connectivity index (χ0) is 16.2. The second kappa shape index (κ2) is 7.14. The maximum atomic E-state index is 12.4. The molecule has 2 rings (SSSR count). The molecule has 1 atom stereocenters. The van der Waals surface area contributed by atoms with Crippen molar-refractivity contribution in [2.24, 2.45) is 0 Å². The number of hydrogen-bond donors (Lipinski definition) is 0. The summed E-state index contributed by atoms with van der Waals surface area (Å²) >= 11 is 0. The van der Waals surface area contributed by atoms with E-state index in [1.165, 1.54) is 0 Å². The number of hydrogen-bond acceptors (Lipinski definition) is 3. The monoisotopic (exact) mass is 305 g/mol. The summed E-state index contributed by atoms with van der Waals surface area (Å²) in [7, 11) is 0. The molecule has 1 heterocycles. The molecule has 0 aromatic heterocycles. The van der Waals surface area contributed by atoms with E-state index in [4.69, 9.17) is 9.47 Å². The molecule has 0 spiro atoms. The minimum Gasteiger partial charge on any atom is -0.623 e. The zero-order valence-electron chi connectivity index (χ0n) is 14.1. The molecule has 4 heteroatoms. The average molecular weight is 305 g/mol. The summed E-state index contributed by atoms with van der Waals surface area (Å²) in [5.74, 6) is 0.791. The topological polar surface area (TPSA) is 44.5 Å². The number of rotatable bonds is 4. The van der Waals surface area contributed by atoms with Crippen LogP contribution in [0.25, 0.3) is 0 Å². The summed E-state index contributed by atoms with van der Waals surface area (Å²) in [5, 5.41) is 12.4. The van der Waals surface area contributed by atoms with Crippen LogP contribution in [0.15, 0.2) is 24.3 Å². The van der Waals surface area contributed by atoms with E-state index in [0.717, 1.165) is 47.6 Å². The summed E-state index contributed by atoms with van der Waals surface area (Å²) in [6.45, 7) is 8.55. The van der Waals surface area contributed by atoms with Gasteiger partial charge in [-0.1, -0.05) is 6.92 Å². The van der Waals surface area contributed by atoms with Crippen LogP contribution in [-0.2, 0) is 4.74 Å². The first-order valence-corrected chi connectivity index (χ1v) is 8.13. The zero-order valence-corrected chi connectivity index (χ0v) is 14.1. The lowest BCUT2D eigenvalue weighted by Crippen LogP contribution is -2.33. The highest BCUT2D eigenvalue weighted by atomic mass is 16.7. The molecule has 1 aromatic carbocycles. The van der Waals surface area contributed by atoms with Gasteiger partial charge in [0.25, 0.3) is 0 Å². The van der Waals surface area contributed by atoms with Gasteiger partial charge in [0.1, 0.15) is 5.75 Å². The Labute approximate surface area is 133 Å². The van der Waals surface area contributed by atoms with Gasteiger partial charge in [-0.05, 0) is 37.1 Å². The lowest BCUT2D eigenvalue weighted by Gasteiger charge is -2.24. The molecule has 0 N–H and O–H groups in total. The number of nitrogens with zero attached hydrogens (tertiary/aromatic N) is 1. The van der Waals surface area contributed by atoms with Gasteiger partial charge in [-0.15, -0.1) is 0 Å². The minimum absolute atomic E-state index is 0.139. The summed E-state index contributed by atoms with van der Waals surface area (Å²) in [6, 6.07) is 7.74. The van der Waals surface area contributed by atoms with E-state index in [9.17, 15) is 5.21 Å². The molecule has 1 aliphatic rings. The summed E-state index contributed by atoms with van der Waals surface area (Å²) in [5.41, 5.74) is 1.31. The smallest absolute Gasteiger partial charge is 0.199 e. The molecule has 4 nitrogen and oxygen atoms in total. The number of benzene rings is 1. The highest BCUT2D eigenvalue weighted by Gasteiger charge is 2.23. The van der Waals surface area contributed by atoms with E-state index in [1.54, 1.807) is 0 Å². The van der Waals surface area contributed by atoms with Gasteiger partial charge in [0.15, 0.2) is 17.5 Å². The van der Waals surface area contributed by atoms with Crippen molar-refractivity contribution >= 4 is 5.71 Å². The van der Waals surface area contributed by atoms with Crippen molar-refractivity contribution in [3.05, 3.63) is 35.0 Å². The normalized spacial score (nSPS) is 20.5. The molecule has 1 unspecified atom stereocenters. The molecule has 22 heavy (non-hydrogen) atoms. The summed E-state index contributed by atoms with van der Waals surface area (Å²) in [6.07, 6.45) is 3.76. The highest BCUT2D eigenvalue weighted by Crippen LogP contribution is 2.21. The van der Waals surface area contributed by atoms with E-state index in [0.29, 0.717) is 6.42 Å². The Balaban J connectivity index is 2.13. The SMILES string of the molecule is CCC(c1ccc(OC2CCCCO2)cc1)=[N+]([O-])C(C)(C)C. The molecular formula is C18H27NO3. The molecular weight excluding hydrogens is 278 g/mol. The first-order chi connectivity index (χ1) is 10.4. The van der Waals surface area contributed by atoms with Crippen molar-refractivity contribution in [3.8, 4) is 5.75 Å². The molecule has 0 aliphatic carbocycles. The fourth-order valence-corrected chi connectivity index (χ4v) is 2.55. The van der Waals surface area contributed by atoms with Gasteiger partial charge < -0.3 is 14.7 Å². The number of ether oxygens (including phenoxy) is 2. The van der Waals surface area contributed by atoms with Gasteiger partial charge in [0.05, 0.1) is 6.61 Å². The van der Waals surface area contributed by atoms with Crippen LogP contribution in [0.3, 0.4) is 0 Å². The van der Waals surface area contributed by atoms with Gasteiger partial charge in [-0.2, -0.15) is 0 Å². The van der Waals surface area contributed by atoms with E-state index < -0.39 is 5.54 Å². The third-order valence-electron chi connectivity index (χ3n) is 3.78. The Bertz CT molecular complexity index is 508. The van der Waals surface area contributed by atoms with Crippen molar-refractivity contribution in [2.75, 3.05) is 6.61 Å². The van der Waals surface area contributed by atoms with Crippen molar-refractivity contribution in [1.82, 2.24) is 0 Å². The molecule has 0 amide bonds. The maximum Gasteiger partial charge on any atom is 0.199 e. The van der Waals surface area contributed by atoms with Crippen LogP contribution >= 0.6 is 0 Å². The Morgan fingerprint density at radius 3 is 2.45 bits per heavy atom. The molecule has 1 aliphatic heterocycles. The summed E-state index contributed by atoms with van der Waals surface area (Å²) < 4.78 is 12.5. The van der Waals surface area contributed by atoms with Crippen LogP contribution in [0.5, 0.6) is 5.75 Å². The van der Waals surface area contributed by atoms with Gasteiger partial charge in [-0.3, -0.25) is 0 Å². The summed E-state index contributed by atoms with van der Waals surface area (Å²) in [4.78, 5) is 0. The highest BCUT2D eigenvalue weighted by molar-refractivity contribution is 5.96. The second-order valence-corrected chi connectivity index (χ2v) is 6.70. The molecule has 1 fully saturated rings. The lowest BCUT2D eigenvalue weighted by molar-refractivity contribution is -0.535. The van der Waals surface area contributed by atoms with Gasteiger partial charge in [-0.25, -0.2) is 4.74 Å². The Morgan fingerprint density at radius 1 is 1.27 bits per heavy atom. The van der Waals surface area contributed by atoms with Crippen LogP contribution in [0.1, 0.15) is 58.9 Å². The van der Waals surface area contributed by atoms with Gasteiger partial charge in [0.2, 0.25) is 0 Å². The van der Waals surface area contributed by atoms with Crippen LogP contribution in [0.2, 0.25) is 0 Å². The maximum absolute atomic E-state index is 12.4. The molecule has 1 saturated heterocycles. The Kier molecular flexibility index (Phi) is 5.46. The van der Waals surface area contributed by atoms with E-state index in [2.05, 4.69) is 0 Å².